The molecule has 0 radical (unpaired) electrons. The van der Waals surface area contributed by atoms with Crippen LogP contribution in [0, 0.1) is 34.5 Å². The highest BCUT2D eigenvalue weighted by Gasteiger charge is 2.59. The molecule has 0 spiro atoms. The number of aliphatic hydroxyl groups is 2. The number of allylic oxidation sites excluding steroid dienone is 1. The molecule has 5 rings (SSSR count). The first kappa shape index (κ1) is 25.7. The fraction of sp³-hybridized carbons (Fsp3) is 0.897. The summed E-state index contributed by atoms with van der Waals surface area (Å²) in [4.78, 5) is 10.4. The Balaban J connectivity index is 1.19. The maximum Gasteiger partial charge on any atom is 0.144 e. The van der Waals surface area contributed by atoms with Crippen molar-refractivity contribution in [1.82, 2.24) is 9.80 Å². The van der Waals surface area contributed by atoms with Crippen LogP contribution < -0.4 is 0 Å². The number of hydrogen-bond donors (Lipinski definition) is 2. The van der Waals surface area contributed by atoms with Gasteiger partial charge in [0.2, 0.25) is 0 Å². The number of nitrogens with zero attached hydrogens (tertiary/aromatic N) is 3. The number of rotatable bonds is 6. The summed E-state index contributed by atoms with van der Waals surface area (Å²) in [6.45, 7) is 12.3. The highest BCUT2D eigenvalue weighted by Crippen LogP contribution is 2.66. The van der Waals surface area contributed by atoms with Crippen LogP contribution in [-0.4, -0.2) is 84.3 Å². The van der Waals surface area contributed by atoms with Crippen LogP contribution in [0.15, 0.2) is 16.8 Å². The number of fused-ring (bicyclic) bond motifs is 5. The lowest BCUT2D eigenvalue weighted by molar-refractivity contribution is -0.0429. The Morgan fingerprint density at radius 3 is 2.66 bits per heavy atom. The highest BCUT2D eigenvalue weighted by molar-refractivity contribution is 5.85. The molecule has 1 aliphatic heterocycles. The molecule has 0 aromatic rings. The first-order chi connectivity index (χ1) is 16.7. The summed E-state index contributed by atoms with van der Waals surface area (Å²) in [6.07, 6.45) is 11.2. The largest absolute Gasteiger partial charge is 0.393 e. The molecule has 5 aliphatic rings. The first-order valence-corrected chi connectivity index (χ1v) is 14.3. The van der Waals surface area contributed by atoms with E-state index in [0.717, 1.165) is 68.9 Å². The summed E-state index contributed by atoms with van der Waals surface area (Å²) >= 11 is 0. The second-order valence-corrected chi connectivity index (χ2v) is 13.1. The topological polar surface area (TPSA) is 68.5 Å². The monoisotopic (exact) mass is 487 g/mol. The van der Waals surface area contributed by atoms with E-state index in [0.29, 0.717) is 23.3 Å². The predicted octanol–water partition coefficient (Wildman–Crippen LogP) is 3.93. The summed E-state index contributed by atoms with van der Waals surface area (Å²) in [5.41, 5.74) is 3.27. The molecule has 0 aromatic heterocycles. The Hall–Kier alpha value is -0.950. The van der Waals surface area contributed by atoms with Crippen molar-refractivity contribution in [2.45, 2.75) is 84.3 Å². The van der Waals surface area contributed by atoms with Crippen molar-refractivity contribution in [2.24, 2.45) is 39.7 Å². The number of likely N-dealkylation sites (N-methyl/N-ethyl adjacent to an activating group) is 1. The van der Waals surface area contributed by atoms with Crippen molar-refractivity contribution in [1.29, 1.82) is 0 Å². The number of oxime groups is 1. The van der Waals surface area contributed by atoms with Gasteiger partial charge in [-0.2, -0.15) is 0 Å². The van der Waals surface area contributed by atoms with E-state index in [1.54, 1.807) is 5.57 Å². The second-order valence-electron chi connectivity index (χ2n) is 13.1. The summed E-state index contributed by atoms with van der Waals surface area (Å²) < 4.78 is 0. The Morgan fingerprint density at radius 1 is 1.11 bits per heavy atom. The number of hydrogen-bond acceptors (Lipinski definition) is 6. The Kier molecular flexibility index (Phi) is 7.39. The zero-order valence-corrected chi connectivity index (χ0v) is 22.6. The van der Waals surface area contributed by atoms with E-state index in [4.69, 9.17) is 4.84 Å². The minimum Gasteiger partial charge on any atom is -0.393 e. The van der Waals surface area contributed by atoms with Gasteiger partial charge in [0.05, 0.1) is 11.8 Å². The van der Waals surface area contributed by atoms with Crippen molar-refractivity contribution < 1.29 is 15.1 Å². The number of β-amino-alcohol motifs (C(OH)–C–C–N with tert-alkyl or cyclic N) is 1. The van der Waals surface area contributed by atoms with Crippen molar-refractivity contribution >= 4 is 5.71 Å². The molecule has 0 amide bonds. The third-order valence-corrected chi connectivity index (χ3v) is 11.1. The van der Waals surface area contributed by atoms with Gasteiger partial charge in [0.25, 0.3) is 0 Å². The molecule has 8 unspecified atom stereocenters. The maximum absolute atomic E-state index is 10.5. The molecule has 3 saturated carbocycles. The van der Waals surface area contributed by atoms with E-state index >= 15 is 0 Å². The molecule has 0 aromatic carbocycles. The SMILES string of the molecule is C/C(=N/OCC(O)CN1CCN(C)CC1)C1CCC2C3CC=C4CC(O)CCC4(C)C3CCC12C. The van der Waals surface area contributed by atoms with Gasteiger partial charge in [0.15, 0.2) is 0 Å². The fourth-order valence-electron chi connectivity index (χ4n) is 9.00. The molecule has 1 saturated heterocycles. The lowest BCUT2D eigenvalue weighted by atomic mass is 9.47. The summed E-state index contributed by atoms with van der Waals surface area (Å²) in [5, 5.41) is 25.3. The molecule has 6 heteroatoms. The third kappa shape index (κ3) is 4.85. The van der Waals surface area contributed by atoms with Crippen molar-refractivity contribution in [3.63, 3.8) is 0 Å². The Morgan fingerprint density at radius 2 is 1.89 bits per heavy atom. The van der Waals surface area contributed by atoms with Crippen LogP contribution in [0.4, 0.5) is 0 Å². The molecule has 0 bridgehead atoms. The molecule has 4 fully saturated rings. The van der Waals surface area contributed by atoms with Gasteiger partial charge in [-0.05, 0) is 93.9 Å². The second kappa shape index (κ2) is 10.1. The van der Waals surface area contributed by atoms with E-state index < -0.39 is 6.10 Å². The molecule has 2 N–H and O–H groups in total. The van der Waals surface area contributed by atoms with Gasteiger partial charge in [0, 0.05) is 38.6 Å². The van der Waals surface area contributed by atoms with Gasteiger partial charge >= 0.3 is 0 Å². The number of piperazine rings is 1. The molecular weight excluding hydrogens is 438 g/mol. The molecule has 35 heavy (non-hydrogen) atoms. The maximum atomic E-state index is 10.5. The summed E-state index contributed by atoms with van der Waals surface area (Å²) in [5.74, 6) is 2.77. The third-order valence-electron chi connectivity index (χ3n) is 11.1. The van der Waals surface area contributed by atoms with E-state index in [-0.39, 0.29) is 12.7 Å². The number of aliphatic hydroxyl groups excluding tert-OH is 2. The molecule has 4 aliphatic carbocycles. The lowest BCUT2D eigenvalue weighted by Gasteiger charge is -2.58. The van der Waals surface area contributed by atoms with Gasteiger partial charge in [0.1, 0.15) is 12.7 Å². The van der Waals surface area contributed by atoms with Gasteiger partial charge in [-0.3, -0.25) is 4.90 Å². The van der Waals surface area contributed by atoms with Crippen LogP contribution in [0.2, 0.25) is 0 Å². The highest BCUT2D eigenvalue weighted by atomic mass is 16.6. The summed E-state index contributed by atoms with van der Waals surface area (Å²) in [6, 6.07) is 0. The minimum atomic E-state index is -0.490. The normalized spacial score (nSPS) is 43.7. The summed E-state index contributed by atoms with van der Waals surface area (Å²) in [7, 11) is 2.15. The van der Waals surface area contributed by atoms with E-state index in [1.807, 2.05) is 0 Å². The van der Waals surface area contributed by atoms with E-state index in [1.165, 1.54) is 32.1 Å². The average Bonchev–Trinajstić information content (AvgIpc) is 3.18. The zero-order valence-electron chi connectivity index (χ0n) is 22.6. The van der Waals surface area contributed by atoms with Crippen LogP contribution in [-0.2, 0) is 4.84 Å². The molecule has 8 atom stereocenters. The smallest absolute Gasteiger partial charge is 0.144 e. The standard InChI is InChI=1S/C29H49N3O3/c1-20(30-35-19-23(34)18-32-15-13-31(4)14-16-32)25-7-8-26-24-6-5-21-17-22(33)9-11-28(21,2)27(24)10-12-29(25,26)3/h5,22-27,33-34H,6-19H2,1-4H3/b30-20-. The molecule has 6 nitrogen and oxygen atoms in total. The lowest BCUT2D eigenvalue weighted by Crippen LogP contribution is -2.50. The Bertz CT molecular complexity index is 822. The van der Waals surface area contributed by atoms with Crippen LogP contribution in [0.1, 0.15) is 72.1 Å². The van der Waals surface area contributed by atoms with Crippen molar-refractivity contribution in [2.75, 3.05) is 46.4 Å². The van der Waals surface area contributed by atoms with Gasteiger partial charge in [-0.15, -0.1) is 0 Å². The molecule has 1 heterocycles. The van der Waals surface area contributed by atoms with Crippen LogP contribution in [0.25, 0.3) is 0 Å². The van der Waals surface area contributed by atoms with Crippen molar-refractivity contribution in [3.8, 4) is 0 Å². The van der Waals surface area contributed by atoms with E-state index in [2.05, 4.69) is 48.9 Å². The Labute approximate surface area is 212 Å². The van der Waals surface area contributed by atoms with Crippen LogP contribution in [0.3, 0.4) is 0 Å². The first-order valence-electron chi connectivity index (χ1n) is 14.3. The predicted molar refractivity (Wildman–Crippen MR) is 140 cm³/mol. The fourth-order valence-corrected chi connectivity index (χ4v) is 9.00. The van der Waals surface area contributed by atoms with Crippen LogP contribution in [0.5, 0.6) is 0 Å². The quantitative estimate of drug-likeness (QED) is 0.338. The molecular formula is C29H49N3O3. The van der Waals surface area contributed by atoms with Crippen LogP contribution >= 0.6 is 0 Å². The minimum absolute atomic E-state index is 0.130. The average molecular weight is 488 g/mol. The zero-order chi connectivity index (χ0) is 24.8. The van der Waals surface area contributed by atoms with Crippen molar-refractivity contribution in [3.05, 3.63) is 11.6 Å². The van der Waals surface area contributed by atoms with E-state index in [9.17, 15) is 10.2 Å². The van der Waals surface area contributed by atoms with Gasteiger partial charge in [-0.1, -0.05) is 30.7 Å². The van der Waals surface area contributed by atoms with Gasteiger partial charge in [-0.25, -0.2) is 0 Å². The van der Waals surface area contributed by atoms with Gasteiger partial charge < -0.3 is 20.0 Å². The molecule has 198 valence electrons.